The Morgan fingerprint density at radius 3 is 2.03 bits per heavy atom. The fraction of sp³-hybridized carbons (Fsp3) is 0.423. The molecule has 6 nitrogen and oxygen atoms in total. The quantitative estimate of drug-likeness (QED) is 0.528. The molecule has 2 rings (SSSR count). The molecule has 172 valence electrons. The summed E-state index contributed by atoms with van der Waals surface area (Å²) in [5.74, 6) is -2.16. The molecule has 32 heavy (non-hydrogen) atoms. The van der Waals surface area contributed by atoms with E-state index in [2.05, 4.69) is 0 Å². The Labute approximate surface area is 190 Å². The summed E-state index contributed by atoms with van der Waals surface area (Å²) in [5, 5.41) is 11.0. The van der Waals surface area contributed by atoms with Gasteiger partial charge in [-0.25, -0.2) is 4.79 Å². The molecule has 0 fully saturated rings. The molecule has 1 atom stereocenters. The standard InChI is InChI=1S/C26H34N2O4/c1-6-18(3)12-14-24(29)28(25(30)15-13-19(4)7-2)23(26(31)32)16-20-17-27(5)22-11-9-8-10-21(20)22/h8-13,17,23H,6-7,14-16H2,1-5H3,(H,31,32)/b18-12+,19-13+/t23-/m0/s1. The summed E-state index contributed by atoms with van der Waals surface area (Å²) in [4.78, 5) is 39.5. The van der Waals surface area contributed by atoms with Crippen LogP contribution in [0.4, 0.5) is 0 Å². The van der Waals surface area contributed by atoms with Crippen LogP contribution in [0.1, 0.15) is 58.9 Å². The zero-order valence-electron chi connectivity index (χ0n) is 19.7. The highest BCUT2D eigenvalue weighted by Crippen LogP contribution is 2.24. The van der Waals surface area contributed by atoms with Crippen LogP contribution < -0.4 is 0 Å². The Morgan fingerprint density at radius 2 is 1.53 bits per heavy atom. The molecular weight excluding hydrogens is 404 g/mol. The van der Waals surface area contributed by atoms with Gasteiger partial charge in [-0.2, -0.15) is 0 Å². The topological polar surface area (TPSA) is 79.6 Å². The first-order valence-corrected chi connectivity index (χ1v) is 11.1. The summed E-state index contributed by atoms with van der Waals surface area (Å²) in [6.45, 7) is 7.80. The Kier molecular flexibility index (Phi) is 9.00. The molecule has 0 bridgehead atoms. The van der Waals surface area contributed by atoms with Crippen LogP contribution in [0.2, 0.25) is 0 Å². The van der Waals surface area contributed by atoms with E-state index in [1.165, 1.54) is 0 Å². The van der Waals surface area contributed by atoms with Gasteiger partial charge in [0.1, 0.15) is 6.04 Å². The molecule has 1 aromatic carbocycles. The minimum Gasteiger partial charge on any atom is -0.480 e. The van der Waals surface area contributed by atoms with E-state index in [-0.39, 0.29) is 19.3 Å². The number of carboxylic acid groups (broad SMARTS) is 1. The molecule has 2 aromatic rings. The van der Waals surface area contributed by atoms with Gasteiger partial charge in [-0.1, -0.05) is 55.3 Å². The van der Waals surface area contributed by atoms with Crippen LogP contribution >= 0.6 is 0 Å². The lowest BCUT2D eigenvalue weighted by Gasteiger charge is -2.27. The van der Waals surface area contributed by atoms with Crippen molar-refractivity contribution >= 4 is 28.7 Å². The molecule has 2 amide bonds. The van der Waals surface area contributed by atoms with E-state index < -0.39 is 23.8 Å². The van der Waals surface area contributed by atoms with Crippen molar-refractivity contribution < 1.29 is 19.5 Å². The third-order valence-corrected chi connectivity index (χ3v) is 5.89. The van der Waals surface area contributed by atoms with Crippen molar-refractivity contribution in [2.24, 2.45) is 7.05 Å². The van der Waals surface area contributed by atoms with Gasteiger partial charge in [0.15, 0.2) is 0 Å². The van der Waals surface area contributed by atoms with Crippen LogP contribution in [-0.4, -0.2) is 38.4 Å². The van der Waals surface area contributed by atoms with E-state index in [1.54, 1.807) is 12.2 Å². The predicted molar refractivity (Wildman–Crippen MR) is 127 cm³/mol. The monoisotopic (exact) mass is 438 g/mol. The number of aliphatic carboxylic acids is 1. The van der Waals surface area contributed by atoms with E-state index >= 15 is 0 Å². The second kappa shape index (κ2) is 11.5. The third-order valence-electron chi connectivity index (χ3n) is 5.89. The number of nitrogens with zero attached hydrogens (tertiary/aromatic N) is 2. The number of rotatable bonds is 10. The largest absolute Gasteiger partial charge is 0.480 e. The molecule has 0 radical (unpaired) electrons. The number of aryl methyl sites for hydroxylation is 1. The number of carbonyl (C=O) groups is 3. The Morgan fingerprint density at radius 1 is 1.00 bits per heavy atom. The molecular formula is C26H34N2O4. The average Bonchev–Trinajstić information content (AvgIpc) is 3.10. The Hall–Kier alpha value is -3.15. The lowest BCUT2D eigenvalue weighted by molar-refractivity contribution is -0.157. The minimum atomic E-state index is -1.27. The highest BCUT2D eigenvalue weighted by molar-refractivity contribution is 6.00. The van der Waals surface area contributed by atoms with Gasteiger partial charge in [0.2, 0.25) is 11.8 Å². The van der Waals surface area contributed by atoms with Gasteiger partial charge in [0, 0.05) is 43.4 Å². The molecule has 0 saturated carbocycles. The van der Waals surface area contributed by atoms with E-state index in [1.807, 2.05) is 69.8 Å². The average molecular weight is 439 g/mol. The second-order valence-electron chi connectivity index (χ2n) is 8.21. The lowest BCUT2D eigenvalue weighted by Crippen LogP contribution is -2.49. The van der Waals surface area contributed by atoms with Crippen LogP contribution in [0.25, 0.3) is 10.9 Å². The van der Waals surface area contributed by atoms with E-state index in [9.17, 15) is 19.5 Å². The van der Waals surface area contributed by atoms with Gasteiger partial charge >= 0.3 is 5.97 Å². The zero-order chi connectivity index (χ0) is 23.8. The number of benzene rings is 1. The summed E-state index contributed by atoms with van der Waals surface area (Å²) in [5.41, 5.74) is 3.81. The first-order valence-electron chi connectivity index (χ1n) is 11.1. The fourth-order valence-electron chi connectivity index (χ4n) is 3.58. The number of fused-ring (bicyclic) bond motifs is 1. The van der Waals surface area contributed by atoms with Gasteiger partial charge in [0.05, 0.1) is 0 Å². The first-order chi connectivity index (χ1) is 15.2. The normalized spacial score (nSPS) is 13.3. The van der Waals surface area contributed by atoms with Crippen molar-refractivity contribution in [1.29, 1.82) is 0 Å². The fourth-order valence-corrected chi connectivity index (χ4v) is 3.58. The number of hydrogen-bond donors (Lipinski definition) is 1. The summed E-state index contributed by atoms with van der Waals surface area (Å²) in [6, 6.07) is 6.43. The predicted octanol–water partition coefficient (Wildman–Crippen LogP) is 5.02. The van der Waals surface area contributed by atoms with Gasteiger partial charge < -0.3 is 9.67 Å². The molecule has 0 spiro atoms. The number of carbonyl (C=O) groups excluding carboxylic acids is 2. The van der Waals surface area contributed by atoms with E-state index in [4.69, 9.17) is 0 Å². The van der Waals surface area contributed by atoms with Crippen molar-refractivity contribution in [1.82, 2.24) is 9.47 Å². The summed E-state index contributed by atoms with van der Waals surface area (Å²) < 4.78 is 1.93. The number of carboxylic acids is 1. The van der Waals surface area contributed by atoms with Crippen LogP contribution in [0.3, 0.4) is 0 Å². The Bertz CT molecular complexity index is 1010. The van der Waals surface area contributed by atoms with Crippen molar-refractivity contribution in [3.63, 3.8) is 0 Å². The maximum atomic E-state index is 13.1. The van der Waals surface area contributed by atoms with Crippen molar-refractivity contribution in [2.75, 3.05) is 0 Å². The van der Waals surface area contributed by atoms with Crippen LogP contribution in [0.5, 0.6) is 0 Å². The van der Waals surface area contributed by atoms with Gasteiger partial charge in [0.25, 0.3) is 0 Å². The van der Waals surface area contributed by atoms with Crippen molar-refractivity contribution in [3.05, 3.63) is 59.3 Å². The number of imide groups is 1. The maximum Gasteiger partial charge on any atom is 0.327 e. The zero-order valence-corrected chi connectivity index (χ0v) is 19.7. The van der Waals surface area contributed by atoms with Crippen LogP contribution in [-0.2, 0) is 27.9 Å². The Balaban J connectivity index is 2.44. The van der Waals surface area contributed by atoms with Crippen molar-refractivity contribution in [2.45, 2.75) is 65.8 Å². The number of para-hydroxylation sites is 1. The molecule has 0 aliphatic heterocycles. The SMILES string of the molecule is CC/C(C)=C/CC(=O)N(C(=O)C/C=C(\C)CC)[C@@H](Cc1cn(C)c2ccccc12)C(=O)O. The third kappa shape index (κ3) is 6.19. The van der Waals surface area contributed by atoms with E-state index in [0.29, 0.717) is 0 Å². The number of aromatic nitrogens is 1. The van der Waals surface area contributed by atoms with E-state index in [0.717, 1.165) is 45.4 Å². The van der Waals surface area contributed by atoms with Gasteiger partial charge in [-0.3, -0.25) is 14.5 Å². The second-order valence-corrected chi connectivity index (χ2v) is 8.21. The maximum absolute atomic E-state index is 13.1. The minimum absolute atomic E-state index is 0.00120. The summed E-state index contributed by atoms with van der Waals surface area (Å²) in [6.07, 6.45) is 7.05. The first kappa shape index (κ1) is 25.1. The molecule has 1 heterocycles. The molecule has 0 saturated heterocycles. The molecule has 1 aromatic heterocycles. The molecule has 0 aliphatic carbocycles. The van der Waals surface area contributed by atoms with Gasteiger partial charge in [-0.15, -0.1) is 0 Å². The van der Waals surface area contributed by atoms with Crippen molar-refractivity contribution in [3.8, 4) is 0 Å². The lowest BCUT2D eigenvalue weighted by atomic mass is 10.0. The number of amides is 2. The molecule has 1 N–H and O–H groups in total. The molecule has 0 aliphatic rings. The summed E-state index contributed by atoms with van der Waals surface area (Å²) >= 11 is 0. The summed E-state index contributed by atoms with van der Waals surface area (Å²) in [7, 11) is 1.90. The van der Waals surface area contributed by atoms with Crippen LogP contribution in [0, 0.1) is 0 Å². The smallest absolute Gasteiger partial charge is 0.327 e. The highest BCUT2D eigenvalue weighted by atomic mass is 16.4. The highest BCUT2D eigenvalue weighted by Gasteiger charge is 2.34. The number of allylic oxidation sites excluding steroid dienone is 2. The molecule has 0 unspecified atom stereocenters. The van der Waals surface area contributed by atoms with Crippen LogP contribution in [0.15, 0.2) is 53.8 Å². The number of hydrogen-bond acceptors (Lipinski definition) is 3. The van der Waals surface area contributed by atoms with Gasteiger partial charge in [-0.05, 0) is 38.3 Å². The molecule has 6 heteroatoms.